The molecule has 5 amide bonds. The maximum absolute atomic E-state index is 13.3. The number of carbonyl (C=O) groups is 6. The number of nitrogens with zero attached hydrogens (tertiary/aromatic N) is 3. The predicted molar refractivity (Wildman–Crippen MR) is 117 cm³/mol. The SMILES string of the molecule is O=CC(CC(=O)O)NC(=O)C1CCCN2C(=O)CCN(NC(=O)CCC3CCCCC3)C(=O)N12. The molecule has 0 aromatic carbocycles. The minimum absolute atomic E-state index is 0.0184. The number of rotatable bonds is 9. The third-order valence-electron chi connectivity index (χ3n) is 6.62. The Balaban J connectivity index is 1.67. The zero-order valence-corrected chi connectivity index (χ0v) is 19.2. The molecule has 0 bridgehead atoms. The van der Waals surface area contributed by atoms with Gasteiger partial charge in [0, 0.05) is 19.4 Å². The van der Waals surface area contributed by atoms with Crippen LogP contribution < -0.4 is 10.7 Å². The summed E-state index contributed by atoms with van der Waals surface area (Å²) in [6, 6.07) is -3.08. The number of aldehydes is 1. The van der Waals surface area contributed by atoms with Gasteiger partial charge in [-0.3, -0.25) is 24.6 Å². The van der Waals surface area contributed by atoms with Crippen LogP contribution in [0.2, 0.25) is 0 Å². The van der Waals surface area contributed by atoms with Gasteiger partial charge in [-0.1, -0.05) is 32.1 Å². The van der Waals surface area contributed by atoms with Crippen molar-refractivity contribution in [2.45, 2.75) is 82.7 Å². The molecule has 2 heterocycles. The van der Waals surface area contributed by atoms with Gasteiger partial charge in [0.15, 0.2) is 0 Å². The molecule has 3 rings (SSSR count). The lowest BCUT2D eigenvalue weighted by molar-refractivity contribution is -0.155. The monoisotopic (exact) mass is 479 g/mol. The molecule has 1 saturated carbocycles. The van der Waals surface area contributed by atoms with Crippen molar-refractivity contribution in [2.75, 3.05) is 13.1 Å². The van der Waals surface area contributed by atoms with Crippen molar-refractivity contribution in [1.82, 2.24) is 25.8 Å². The van der Waals surface area contributed by atoms with Gasteiger partial charge < -0.3 is 15.2 Å². The lowest BCUT2D eigenvalue weighted by Crippen LogP contribution is -2.64. The van der Waals surface area contributed by atoms with E-state index in [1.807, 2.05) is 0 Å². The van der Waals surface area contributed by atoms with Crippen molar-refractivity contribution in [3.63, 3.8) is 0 Å². The summed E-state index contributed by atoms with van der Waals surface area (Å²) in [5.74, 6) is -2.16. The first kappa shape index (κ1) is 25.4. The Morgan fingerprint density at radius 2 is 1.79 bits per heavy atom. The summed E-state index contributed by atoms with van der Waals surface area (Å²) >= 11 is 0. The number of carbonyl (C=O) groups excluding carboxylic acids is 5. The maximum Gasteiger partial charge on any atom is 0.358 e. The van der Waals surface area contributed by atoms with E-state index in [0.717, 1.165) is 29.3 Å². The van der Waals surface area contributed by atoms with E-state index in [-0.39, 0.29) is 44.2 Å². The maximum atomic E-state index is 13.3. The first-order valence-electron chi connectivity index (χ1n) is 12.0. The highest BCUT2D eigenvalue weighted by Gasteiger charge is 2.44. The fourth-order valence-corrected chi connectivity index (χ4v) is 4.83. The quantitative estimate of drug-likeness (QED) is 0.408. The van der Waals surface area contributed by atoms with Gasteiger partial charge in [0.2, 0.25) is 17.7 Å². The Morgan fingerprint density at radius 1 is 1.06 bits per heavy atom. The van der Waals surface area contributed by atoms with Crippen molar-refractivity contribution in [3.05, 3.63) is 0 Å². The van der Waals surface area contributed by atoms with Gasteiger partial charge in [-0.15, -0.1) is 0 Å². The number of hydrazine groups is 2. The molecule has 1 aliphatic carbocycles. The topological polar surface area (TPSA) is 156 Å². The Morgan fingerprint density at radius 3 is 2.47 bits per heavy atom. The zero-order valence-electron chi connectivity index (χ0n) is 19.2. The average Bonchev–Trinajstić information content (AvgIpc) is 2.94. The fraction of sp³-hybridized carbons (Fsp3) is 0.727. The molecule has 0 radical (unpaired) electrons. The van der Waals surface area contributed by atoms with Crippen LogP contribution in [0, 0.1) is 5.92 Å². The zero-order chi connectivity index (χ0) is 24.7. The molecule has 0 aromatic heterocycles. The van der Waals surface area contributed by atoms with E-state index in [9.17, 15) is 28.8 Å². The lowest BCUT2D eigenvalue weighted by atomic mass is 9.86. The van der Waals surface area contributed by atoms with Crippen LogP contribution in [0.15, 0.2) is 0 Å². The molecule has 2 atom stereocenters. The van der Waals surface area contributed by atoms with E-state index >= 15 is 0 Å². The second kappa shape index (κ2) is 11.8. The summed E-state index contributed by atoms with van der Waals surface area (Å²) in [4.78, 5) is 73.5. The van der Waals surface area contributed by atoms with Crippen molar-refractivity contribution in [2.24, 2.45) is 5.92 Å². The Kier molecular flexibility index (Phi) is 8.83. The summed E-state index contributed by atoms with van der Waals surface area (Å²) in [5.41, 5.74) is 2.60. The van der Waals surface area contributed by atoms with Crippen LogP contribution in [0.3, 0.4) is 0 Å². The third kappa shape index (κ3) is 6.45. The Hall–Kier alpha value is -3.18. The highest BCUT2D eigenvalue weighted by Crippen LogP contribution is 2.27. The van der Waals surface area contributed by atoms with Crippen LogP contribution in [0.1, 0.15) is 70.6 Å². The van der Waals surface area contributed by atoms with Crippen LogP contribution in [0.5, 0.6) is 0 Å². The number of carboxylic acid groups (broad SMARTS) is 1. The first-order chi connectivity index (χ1) is 16.3. The van der Waals surface area contributed by atoms with E-state index in [4.69, 9.17) is 5.11 Å². The Bertz CT molecular complexity index is 813. The number of hydrogen-bond donors (Lipinski definition) is 3. The summed E-state index contributed by atoms with van der Waals surface area (Å²) in [6.45, 7) is 0.216. The van der Waals surface area contributed by atoms with Crippen molar-refractivity contribution < 1.29 is 33.9 Å². The van der Waals surface area contributed by atoms with Crippen LogP contribution >= 0.6 is 0 Å². The van der Waals surface area contributed by atoms with Crippen molar-refractivity contribution >= 4 is 36.0 Å². The number of nitrogens with one attached hydrogen (secondary N) is 2. The van der Waals surface area contributed by atoms with Gasteiger partial charge in [0.1, 0.15) is 12.3 Å². The molecule has 0 spiro atoms. The van der Waals surface area contributed by atoms with Crippen LogP contribution in [-0.2, 0) is 24.0 Å². The molecule has 2 saturated heterocycles. The lowest BCUT2D eigenvalue weighted by Gasteiger charge is -2.43. The van der Waals surface area contributed by atoms with Crippen LogP contribution in [0.25, 0.3) is 0 Å². The fourth-order valence-electron chi connectivity index (χ4n) is 4.83. The van der Waals surface area contributed by atoms with E-state index in [1.54, 1.807) is 0 Å². The predicted octanol–water partition coefficient (Wildman–Crippen LogP) is 0.570. The molecule has 2 aliphatic heterocycles. The number of urea groups is 1. The second-order valence-corrected chi connectivity index (χ2v) is 9.13. The molecule has 34 heavy (non-hydrogen) atoms. The van der Waals surface area contributed by atoms with Gasteiger partial charge in [-0.25, -0.2) is 19.8 Å². The van der Waals surface area contributed by atoms with E-state index in [0.29, 0.717) is 18.6 Å². The summed E-state index contributed by atoms with van der Waals surface area (Å²) in [7, 11) is 0. The van der Waals surface area contributed by atoms with E-state index < -0.39 is 36.4 Å². The highest BCUT2D eigenvalue weighted by atomic mass is 16.4. The molecular weight excluding hydrogens is 446 g/mol. The van der Waals surface area contributed by atoms with Crippen LogP contribution in [0.4, 0.5) is 4.79 Å². The summed E-state index contributed by atoms with van der Waals surface area (Å²) in [5, 5.41) is 14.6. The van der Waals surface area contributed by atoms with Crippen LogP contribution in [-0.4, -0.2) is 81.3 Å². The largest absolute Gasteiger partial charge is 0.481 e. The number of carboxylic acids is 1. The number of amides is 5. The molecule has 12 heteroatoms. The molecule has 2 unspecified atom stereocenters. The molecule has 188 valence electrons. The molecule has 3 aliphatic rings. The Labute approximate surface area is 197 Å². The molecule has 3 fully saturated rings. The molecule has 12 nitrogen and oxygen atoms in total. The van der Waals surface area contributed by atoms with E-state index in [1.165, 1.54) is 24.3 Å². The van der Waals surface area contributed by atoms with Gasteiger partial charge in [-0.2, -0.15) is 0 Å². The van der Waals surface area contributed by atoms with Gasteiger partial charge in [-0.05, 0) is 25.2 Å². The van der Waals surface area contributed by atoms with Gasteiger partial charge >= 0.3 is 12.0 Å². The summed E-state index contributed by atoms with van der Waals surface area (Å²) < 4.78 is 0. The van der Waals surface area contributed by atoms with E-state index in [2.05, 4.69) is 10.7 Å². The number of fused-ring (bicyclic) bond motifs is 1. The third-order valence-corrected chi connectivity index (χ3v) is 6.62. The normalized spacial score (nSPS) is 22.5. The second-order valence-electron chi connectivity index (χ2n) is 9.13. The standard InChI is InChI=1S/C22H33N5O7/c28-14-16(13-20(31)32)23-21(33)17-7-4-11-26-19(30)10-12-25(22(34)27(17)26)24-18(29)9-8-15-5-2-1-3-6-15/h14-17H,1-13H2,(H,23,33)(H,24,29)(H,31,32). The first-order valence-corrected chi connectivity index (χ1v) is 12.0. The molecule has 0 aromatic rings. The van der Waals surface area contributed by atoms with Crippen molar-refractivity contribution in [1.29, 1.82) is 0 Å². The molecule has 3 N–H and O–H groups in total. The van der Waals surface area contributed by atoms with Gasteiger partial charge in [0.25, 0.3) is 0 Å². The average molecular weight is 480 g/mol. The number of aliphatic carboxylic acids is 1. The highest BCUT2D eigenvalue weighted by molar-refractivity contribution is 5.92. The van der Waals surface area contributed by atoms with Gasteiger partial charge in [0.05, 0.1) is 19.0 Å². The number of hydrogen-bond acceptors (Lipinski definition) is 6. The minimum atomic E-state index is -1.26. The summed E-state index contributed by atoms with van der Waals surface area (Å²) in [6.07, 6.45) is 7.17. The molecular formula is C22H33N5O7. The van der Waals surface area contributed by atoms with Crippen molar-refractivity contribution in [3.8, 4) is 0 Å². The minimum Gasteiger partial charge on any atom is -0.481 e. The smallest absolute Gasteiger partial charge is 0.358 e.